The largest absolute Gasteiger partial charge is 0.348 e. The van der Waals surface area contributed by atoms with Crippen LogP contribution in [0.2, 0.25) is 5.02 Å². The lowest BCUT2D eigenvalue weighted by molar-refractivity contribution is 0.0913. The molecule has 0 aliphatic carbocycles. The molecule has 0 atom stereocenters. The van der Waals surface area contributed by atoms with Gasteiger partial charge >= 0.3 is 0 Å². The van der Waals surface area contributed by atoms with Crippen molar-refractivity contribution in [1.29, 1.82) is 0 Å². The first-order valence-corrected chi connectivity index (χ1v) is 10.9. The van der Waals surface area contributed by atoms with Crippen molar-refractivity contribution in [3.8, 4) is 11.1 Å². The summed E-state index contributed by atoms with van der Waals surface area (Å²) in [6.45, 7) is 2.91. The predicted molar refractivity (Wildman–Crippen MR) is 117 cm³/mol. The molecule has 28 heavy (non-hydrogen) atoms. The van der Waals surface area contributed by atoms with Crippen LogP contribution in [0.1, 0.15) is 28.1 Å². The Morgan fingerprint density at radius 3 is 2.46 bits per heavy atom. The highest BCUT2D eigenvalue weighted by Gasteiger charge is 2.23. The van der Waals surface area contributed by atoms with Crippen LogP contribution in [0.4, 0.5) is 0 Å². The van der Waals surface area contributed by atoms with Gasteiger partial charge in [-0.1, -0.05) is 54.1 Å². The summed E-state index contributed by atoms with van der Waals surface area (Å²) in [4.78, 5) is 16.1. The van der Waals surface area contributed by atoms with Gasteiger partial charge in [0, 0.05) is 36.3 Å². The molecular weight excluding hydrogens is 388 g/mol. The summed E-state index contributed by atoms with van der Waals surface area (Å²) < 4.78 is 0. The molecule has 144 valence electrons. The van der Waals surface area contributed by atoms with Crippen molar-refractivity contribution in [2.24, 2.45) is 0 Å². The number of hydrogen-bond donors (Lipinski definition) is 1. The SMILES string of the molecule is O=C(NC1CCN(Cc2ccc(Cl)cc2)CC1)c1sccc1-c1ccccc1. The maximum Gasteiger partial charge on any atom is 0.262 e. The van der Waals surface area contributed by atoms with Crippen LogP contribution in [0.25, 0.3) is 11.1 Å². The minimum Gasteiger partial charge on any atom is -0.348 e. The molecule has 1 N–H and O–H groups in total. The average molecular weight is 411 g/mol. The highest BCUT2D eigenvalue weighted by molar-refractivity contribution is 7.12. The van der Waals surface area contributed by atoms with Gasteiger partial charge in [0.25, 0.3) is 5.91 Å². The molecule has 1 saturated heterocycles. The van der Waals surface area contributed by atoms with Gasteiger partial charge in [0.1, 0.15) is 0 Å². The van der Waals surface area contributed by atoms with Crippen LogP contribution in [0.5, 0.6) is 0 Å². The van der Waals surface area contributed by atoms with E-state index >= 15 is 0 Å². The van der Waals surface area contributed by atoms with Gasteiger partial charge in [0.2, 0.25) is 0 Å². The van der Waals surface area contributed by atoms with Gasteiger partial charge in [-0.05, 0) is 47.5 Å². The first kappa shape index (κ1) is 19.2. The Hall–Kier alpha value is -2.14. The first-order valence-electron chi connectivity index (χ1n) is 9.59. The standard InChI is InChI=1S/C23H23ClN2OS/c24-19-8-6-17(7-9-19)16-26-13-10-20(11-14-26)25-23(27)22-21(12-15-28-22)18-4-2-1-3-5-18/h1-9,12,15,20H,10-11,13-14,16H2,(H,25,27). The third kappa shape index (κ3) is 4.64. The monoisotopic (exact) mass is 410 g/mol. The minimum absolute atomic E-state index is 0.0463. The zero-order chi connectivity index (χ0) is 19.3. The van der Waals surface area contributed by atoms with Gasteiger partial charge in [-0.2, -0.15) is 0 Å². The number of benzene rings is 2. The summed E-state index contributed by atoms with van der Waals surface area (Å²) in [5.74, 6) is 0.0463. The lowest BCUT2D eigenvalue weighted by Crippen LogP contribution is -2.44. The summed E-state index contributed by atoms with van der Waals surface area (Å²) in [5.41, 5.74) is 3.38. The predicted octanol–water partition coefficient (Wildman–Crippen LogP) is 5.46. The Bertz CT molecular complexity index is 915. The van der Waals surface area contributed by atoms with Crippen LogP contribution in [0.15, 0.2) is 66.0 Å². The molecule has 1 fully saturated rings. The number of thiophene rings is 1. The van der Waals surface area contributed by atoms with E-state index < -0.39 is 0 Å². The van der Waals surface area contributed by atoms with E-state index in [9.17, 15) is 4.79 Å². The molecule has 1 aromatic heterocycles. The van der Waals surface area contributed by atoms with E-state index in [0.29, 0.717) is 0 Å². The number of likely N-dealkylation sites (tertiary alicyclic amines) is 1. The van der Waals surface area contributed by atoms with Crippen LogP contribution < -0.4 is 5.32 Å². The lowest BCUT2D eigenvalue weighted by atomic mass is 10.0. The van der Waals surface area contributed by atoms with Gasteiger partial charge in [-0.15, -0.1) is 11.3 Å². The van der Waals surface area contributed by atoms with E-state index in [1.54, 1.807) is 0 Å². The summed E-state index contributed by atoms with van der Waals surface area (Å²) in [6, 6.07) is 20.4. The molecule has 3 aromatic rings. The third-order valence-corrected chi connectivity index (χ3v) is 6.36. The normalized spacial score (nSPS) is 15.5. The second-order valence-corrected chi connectivity index (χ2v) is 8.53. The Labute approximate surface area is 175 Å². The lowest BCUT2D eigenvalue weighted by Gasteiger charge is -2.32. The molecule has 4 rings (SSSR count). The molecule has 0 unspecified atom stereocenters. The minimum atomic E-state index is 0.0463. The maximum atomic E-state index is 12.8. The van der Waals surface area contributed by atoms with Gasteiger partial charge in [0.05, 0.1) is 4.88 Å². The van der Waals surface area contributed by atoms with E-state index in [1.165, 1.54) is 16.9 Å². The fourth-order valence-electron chi connectivity index (χ4n) is 3.66. The van der Waals surface area contributed by atoms with E-state index in [0.717, 1.165) is 53.5 Å². The number of piperidine rings is 1. The van der Waals surface area contributed by atoms with Crippen molar-refractivity contribution in [2.75, 3.05) is 13.1 Å². The quantitative estimate of drug-likeness (QED) is 0.605. The van der Waals surface area contributed by atoms with Crippen molar-refractivity contribution in [2.45, 2.75) is 25.4 Å². The molecule has 2 aromatic carbocycles. The van der Waals surface area contributed by atoms with Gasteiger partial charge in [0.15, 0.2) is 0 Å². The van der Waals surface area contributed by atoms with Crippen molar-refractivity contribution in [3.05, 3.63) is 81.5 Å². The Morgan fingerprint density at radius 1 is 1.04 bits per heavy atom. The fourth-order valence-corrected chi connectivity index (χ4v) is 4.61. The molecule has 0 saturated carbocycles. The summed E-state index contributed by atoms with van der Waals surface area (Å²) in [5, 5.41) is 6.01. The van der Waals surface area contributed by atoms with Gasteiger partial charge in [-0.3, -0.25) is 9.69 Å². The third-order valence-electron chi connectivity index (χ3n) is 5.20. The smallest absolute Gasteiger partial charge is 0.262 e. The molecule has 0 spiro atoms. The zero-order valence-electron chi connectivity index (χ0n) is 15.6. The first-order chi connectivity index (χ1) is 13.7. The fraction of sp³-hybridized carbons (Fsp3) is 0.261. The summed E-state index contributed by atoms with van der Waals surface area (Å²) in [7, 11) is 0. The van der Waals surface area contributed by atoms with Gasteiger partial charge < -0.3 is 5.32 Å². The molecule has 1 aliphatic heterocycles. The number of nitrogens with one attached hydrogen (secondary N) is 1. The van der Waals surface area contributed by atoms with Crippen molar-refractivity contribution >= 4 is 28.8 Å². The van der Waals surface area contributed by atoms with E-state index in [2.05, 4.69) is 22.3 Å². The molecule has 0 radical (unpaired) electrons. The number of carbonyl (C=O) groups is 1. The number of amides is 1. The van der Waals surface area contributed by atoms with Crippen molar-refractivity contribution < 1.29 is 4.79 Å². The zero-order valence-corrected chi connectivity index (χ0v) is 17.2. The molecular formula is C23H23ClN2OS. The second-order valence-electron chi connectivity index (χ2n) is 7.18. The number of hydrogen-bond acceptors (Lipinski definition) is 3. The molecule has 5 heteroatoms. The van der Waals surface area contributed by atoms with Crippen LogP contribution in [-0.2, 0) is 6.54 Å². The molecule has 3 nitrogen and oxygen atoms in total. The van der Waals surface area contributed by atoms with Crippen molar-refractivity contribution in [3.63, 3.8) is 0 Å². The molecule has 0 bridgehead atoms. The van der Waals surface area contributed by atoms with Crippen molar-refractivity contribution in [1.82, 2.24) is 10.2 Å². The number of nitrogens with zero attached hydrogens (tertiary/aromatic N) is 1. The van der Waals surface area contributed by atoms with Crippen LogP contribution in [0, 0.1) is 0 Å². The Morgan fingerprint density at radius 2 is 1.75 bits per heavy atom. The highest BCUT2D eigenvalue weighted by atomic mass is 35.5. The molecule has 2 heterocycles. The Balaban J connectivity index is 1.32. The molecule has 1 amide bonds. The summed E-state index contributed by atoms with van der Waals surface area (Å²) in [6.07, 6.45) is 1.96. The number of carbonyl (C=O) groups excluding carboxylic acids is 1. The summed E-state index contributed by atoms with van der Waals surface area (Å²) >= 11 is 7.47. The van der Waals surface area contributed by atoms with Crippen LogP contribution >= 0.6 is 22.9 Å². The topological polar surface area (TPSA) is 32.3 Å². The number of rotatable bonds is 5. The van der Waals surface area contributed by atoms with E-state index in [-0.39, 0.29) is 11.9 Å². The highest BCUT2D eigenvalue weighted by Crippen LogP contribution is 2.28. The maximum absolute atomic E-state index is 12.8. The average Bonchev–Trinajstić information content (AvgIpc) is 3.22. The second kappa shape index (κ2) is 8.91. The molecule has 1 aliphatic rings. The van der Waals surface area contributed by atoms with Gasteiger partial charge in [-0.25, -0.2) is 0 Å². The Kier molecular flexibility index (Phi) is 6.10. The number of halogens is 1. The van der Waals surface area contributed by atoms with Crippen LogP contribution in [-0.4, -0.2) is 29.9 Å². The van der Waals surface area contributed by atoms with E-state index in [4.69, 9.17) is 11.6 Å². The van der Waals surface area contributed by atoms with Crippen LogP contribution in [0.3, 0.4) is 0 Å². The van der Waals surface area contributed by atoms with E-state index in [1.807, 2.05) is 53.9 Å².